The number of thioether (sulfide) groups is 1. The molecule has 0 heterocycles. The topological polar surface area (TPSA) is 0 Å². The number of benzene rings is 2. The molecule has 0 fully saturated rings. The highest BCUT2D eigenvalue weighted by Gasteiger charge is 2.26. The number of hydrogen-bond acceptors (Lipinski definition) is 1. The van der Waals surface area contributed by atoms with Gasteiger partial charge in [0, 0.05) is 10.8 Å². The maximum absolute atomic E-state index is 2.37. The molecule has 1 aliphatic rings. The summed E-state index contributed by atoms with van der Waals surface area (Å²) < 4.78 is 0. The molecular formula is C17H18S. The maximum atomic E-state index is 2.37. The van der Waals surface area contributed by atoms with Crippen molar-refractivity contribution in [2.24, 2.45) is 0 Å². The van der Waals surface area contributed by atoms with Crippen molar-refractivity contribution >= 4 is 11.8 Å². The van der Waals surface area contributed by atoms with Gasteiger partial charge >= 0.3 is 0 Å². The van der Waals surface area contributed by atoms with Crippen LogP contribution in [-0.2, 0) is 6.42 Å². The molecule has 0 saturated heterocycles. The highest BCUT2D eigenvalue weighted by atomic mass is 32.2. The smallest absolute Gasteiger partial charge is 0.0113 e. The monoisotopic (exact) mass is 254 g/mol. The molecule has 2 aromatic carbocycles. The molecule has 0 amide bonds. The lowest BCUT2D eigenvalue weighted by atomic mass is 9.92. The van der Waals surface area contributed by atoms with Gasteiger partial charge in [-0.2, -0.15) is 0 Å². The van der Waals surface area contributed by atoms with Crippen LogP contribution in [-0.4, -0.2) is 6.26 Å². The summed E-state index contributed by atoms with van der Waals surface area (Å²) in [7, 11) is 0. The molecule has 0 bridgehead atoms. The first-order valence-corrected chi connectivity index (χ1v) is 7.74. The van der Waals surface area contributed by atoms with Gasteiger partial charge in [-0.3, -0.25) is 0 Å². The third-order valence-corrected chi connectivity index (χ3v) is 4.62. The average Bonchev–Trinajstić information content (AvgIpc) is 2.82. The summed E-state index contributed by atoms with van der Waals surface area (Å²) in [5.41, 5.74) is 6.01. The molecule has 3 rings (SSSR count). The van der Waals surface area contributed by atoms with E-state index in [2.05, 4.69) is 55.6 Å². The predicted molar refractivity (Wildman–Crippen MR) is 79.6 cm³/mol. The zero-order valence-electron chi connectivity index (χ0n) is 10.9. The van der Waals surface area contributed by atoms with Crippen molar-refractivity contribution in [2.45, 2.75) is 30.6 Å². The van der Waals surface area contributed by atoms with Crippen molar-refractivity contribution in [3.05, 3.63) is 64.7 Å². The summed E-state index contributed by atoms with van der Waals surface area (Å²) in [4.78, 5) is 1.47. The summed E-state index contributed by atoms with van der Waals surface area (Å²) >= 11 is 1.89. The van der Waals surface area contributed by atoms with Gasteiger partial charge in [0.25, 0.3) is 0 Å². The van der Waals surface area contributed by atoms with Crippen LogP contribution in [0.25, 0.3) is 0 Å². The Bertz CT molecular complexity index is 557. The second-order valence-corrected chi connectivity index (χ2v) is 5.89. The Balaban J connectivity index is 2.11. The van der Waals surface area contributed by atoms with E-state index in [1.54, 1.807) is 11.1 Å². The van der Waals surface area contributed by atoms with E-state index in [9.17, 15) is 0 Å². The third kappa shape index (κ3) is 1.97. The van der Waals surface area contributed by atoms with Crippen molar-refractivity contribution < 1.29 is 0 Å². The van der Waals surface area contributed by atoms with Gasteiger partial charge in [-0.15, -0.1) is 11.8 Å². The SMILES string of the molecule is CSc1cc(C)cc2c1C(c1ccccc1)CC2. The minimum Gasteiger partial charge on any atom is -0.129 e. The predicted octanol–water partition coefficient (Wildman–Crippen LogP) is 4.80. The summed E-state index contributed by atoms with van der Waals surface area (Å²) in [5, 5.41) is 0. The molecule has 2 aromatic rings. The van der Waals surface area contributed by atoms with Crippen LogP contribution in [0.5, 0.6) is 0 Å². The molecule has 0 N–H and O–H groups in total. The lowest BCUT2D eigenvalue weighted by Crippen LogP contribution is -1.98. The summed E-state index contributed by atoms with van der Waals surface area (Å²) in [5.74, 6) is 0.601. The Morgan fingerprint density at radius 1 is 1.11 bits per heavy atom. The minimum atomic E-state index is 0.601. The fourth-order valence-electron chi connectivity index (χ4n) is 3.07. The van der Waals surface area contributed by atoms with Crippen LogP contribution in [0.3, 0.4) is 0 Å². The first kappa shape index (κ1) is 11.9. The van der Waals surface area contributed by atoms with Gasteiger partial charge in [0.1, 0.15) is 0 Å². The summed E-state index contributed by atoms with van der Waals surface area (Å²) in [6.45, 7) is 2.20. The Labute approximate surface area is 113 Å². The van der Waals surface area contributed by atoms with Crippen LogP contribution in [0.4, 0.5) is 0 Å². The van der Waals surface area contributed by atoms with Crippen LogP contribution in [0, 0.1) is 6.92 Å². The number of aryl methyl sites for hydroxylation is 2. The van der Waals surface area contributed by atoms with Crippen LogP contribution in [0.2, 0.25) is 0 Å². The Hall–Kier alpha value is -1.21. The molecule has 0 nitrogen and oxygen atoms in total. The van der Waals surface area contributed by atoms with Crippen molar-refractivity contribution in [1.29, 1.82) is 0 Å². The fourth-order valence-corrected chi connectivity index (χ4v) is 3.87. The lowest BCUT2D eigenvalue weighted by Gasteiger charge is -2.16. The Morgan fingerprint density at radius 2 is 1.89 bits per heavy atom. The van der Waals surface area contributed by atoms with Crippen molar-refractivity contribution in [3.63, 3.8) is 0 Å². The second kappa shape index (κ2) is 4.81. The minimum absolute atomic E-state index is 0.601. The lowest BCUT2D eigenvalue weighted by molar-refractivity contribution is 0.780. The van der Waals surface area contributed by atoms with E-state index in [0.29, 0.717) is 5.92 Å². The molecule has 1 unspecified atom stereocenters. The van der Waals surface area contributed by atoms with Gasteiger partial charge in [-0.05, 0) is 54.3 Å². The van der Waals surface area contributed by atoms with E-state index in [-0.39, 0.29) is 0 Å². The normalized spacial score (nSPS) is 17.8. The Morgan fingerprint density at radius 3 is 2.61 bits per heavy atom. The Kier molecular flexibility index (Phi) is 3.17. The van der Waals surface area contributed by atoms with Crippen LogP contribution in [0.15, 0.2) is 47.4 Å². The molecular weight excluding hydrogens is 236 g/mol. The molecule has 1 aliphatic carbocycles. The molecule has 1 atom stereocenters. The van der Waals surface area contributed by atoms with E-state index >= 15 is 0 Å². The largest absolute Gasteiger partial charge is 0.129 e. The van der Waals surface area contributed by atoms with E-state index in [1.165, 1.54) is 28.9 Å². The average molecular weight is 254 g/mol. The number of fused-ring (bicyclic) bond motifs is 1. The van der Waals surface area contributed by atoms with E-state index in [0.717, 1.165) is 0 Å². The highest BCUT2D eigenvalue weighted by molar-refractivity contribution is 7.98. The molecule has 0 radical (unpaired) electrons. The van der Waals surface area contributed by atoms with Gasteiger partial charge in [-0.1, -0.05) is 36.4 Å². The van der Waals surface area contributed by atoms with Crippen LogP contribution in [0.1, 0.15) is 34.6 Å². The van der Waals surface area contributed by atoms with Gasteiger partial charge in [0.2, 0.25) is 0 Å². The molecule has 92 valence electrons. The quantitative estimate of drug-likeness (QED) is 0.694. The van der Waals surface area contributed by atoms with Crippen LogP contribution < -0.4 is 0 Å². The van der Waals surface area contributed by atoms with Crippen molar-refractivity contribution in [2.75, 3.05) is 6.26 Å². The second-order valence-electron chi connectivity index (χ2n) is 5.04. The number of rotatable bonds is 2. The fraction of sp³-hybridized carbons (Fsp3) is 0.294. The standard InChI is InChI=1S/C17H18S/c1-12-10-14-8-9-15(13-6-4-3-5-7-13)17(14)16(11-12)18-2/h3-7,10-11,15H,8-9H2,1-2H3. The molecule has 1 heteroatoms. The van der Waals surface area contributed by atoms with Crippen LogP contribution >= 0.6 is 11.8 Å². The highest BCUT2D eigenvalue weighted by Crippen LogP contribution is 2.43. The van der Waals surface area contributed by atoms with E-state index < -0.39 is 0 Å². The summed E-state index contributed by atoms with van der Waals surface area (Å²) in [6, 6.07) is 15.7. The number of hydrogen-bond donors (Lipinski definition) is 0. The maximum Gasteiger partial charge on any atom is 0.0113 e. The van der Waals surface area contributed by atoms with Gasteiger partial charge in [-0.25, -0.2) is 0 Å². The van der Waals surface area contributed by atoms with Crippen molar-refractivity contribution in [1.82, 2.24) is 0 Å². The van der Waals surface area contributed by atoms with Crippen molar-refractivity contribution in [3.8, 4) is 0 Å². The van der Waals surface area contributed by atoms with Gasteiger partial charge in [0.05, 0.1) is 0 Å². The first-order valence-electron chi connectivity index (χ1n) is 6.52. The first-order chi connectivity index (χ1) is 8.79. The molecule has 0 spiro atoms. The molecule has 0 aliphatic heterocycles. The zero-order valence-corrected chi connectivity index (χ0v) is 11.8. The van der Waals surface area contributed by atoms with Gasteiger partial charge < -0.3 is 0 Å². The van der Waals surface area contributed by atoms with E-state index in [1.807, 2.05) is 11.8 Å². The van der Waals surface area contributed by atoms with Gasteiger partial charge in [0.15, 0.2) is 0 Å². The molecule has 0 saturated carbocycles. The van der Waals surface area contributed by atoms with E-state index in [4.69, 9.17) is 0 Å². The molecule has 18 heavy (non-hydrogen) atoms. The zero-order chi connectivity index (χ0) is 12.5. The molecule has 0 aromatic heterocycles. The third-order valence-electron chi connectivity index (χ3n) is 3.84. The summed E-state index contributed by atoms with van der Waals surface area (Å²) in [6.07, 6.45) is 4.68.